The first-order chi connectivity index (χ1) is 20.8. The number of nitrogens with zero attached hydrogens (tertiary/aromatic N) is 6. The number of nitrogens with one attached hydrogen (secondary N) is 1. The van der Waals surface area contributed by atoms with Gasteiger partial charge in [-0.15, -0.1) is 0 Å². The third-order valence-corrected chi connectivity index (χ3v) is 8.09. The minimum Gasteiger partial charge on any atom is -0.360 e. The molecule has 3 aromatic rings. The normalized spacial score (nSPS) is 17.3. The van der Waals surface area contributed by atoms with Crippen LogP contribution in [0.2, 0.25) is 0 Å². The number of halogens is 1. The third-order valence-electron chi connectivity index (χ3n) is 8.09. The lowest BCUT2D eigenvalue weighted by atomic mass is 9.95. The molecular formula is C34H44FN7O. The van der Waals surface area contributed by atoms with Gasteiger partial charge in [-0.1, -0.05) is 45.7 Å². The van der Waals surface area contributed by atoms with Crippen molar-refractivity contribution >= 4 is 40.7 Å². The molecule has 1 atom stereocenters. The van der Waals surface area contributed by atoms with E-state index in [0.29, 0.717) is 53.9 Å². The molecule has 1 aliphatic carbocycles. The summed E-state index contributed by atoms with van der Waals surface area (Å²) < 4.78 is 16.6. The number of amides is 1. The Morgan fingerprint density at radius 1 is 1.09 bits per heavy atom. The Kier molecular flexibility index (Phi) is 9.92. The van der Waals surface area contributed by atoms with E-state index in [1.54, 1.807) is 0 Å². The Hall–Kier alpha value is -4.16. The van der Waals surface area contributed by atoms with Crippen LogP contribution >= 0.6 is 0 Å². The van der Waals surface area contributed by atoms with Gasteiger partial charge in [0.2, 0.25) is 11.9 Å². The number of likely N-dealkylation sites (N-methyl/N-ethyl adjacent to an activating group) is 1. The van der Waals surface area contributed by atoms with Gasteiger partial charge in [0.15, 0.2) is 5.82 Å². The molecule has 2 fully saturated rings. The van der Waals surface area contributed by atoms with Crippen LogP contribution in [0.25, 0.3) is 34.2 Å². The first-order valence-electron chi connectivity index (χ1n) is 15.3. The van der Waals surface area contributed by atoms with Crippen LogP contribution in [0.4, 0.5) is 16.2 Å². The molecule has 0 saturated carbocycles. The SMILES string of the molecule is C=CC(=O)N1CCN(c2nc(N3CC(N(C)C)C3)nc3c(F)c(-c4c[nH]c5c4C=C=C=C5)c(C)cc23)CC1C.CC.CC. The van der Waals surface area contributed by atoms with Crippen LogP contribution in [0.15, 0.2) is 36.4 Å². The maximum Gasteiger partial charge on any atom is 0.246 e. The van der Waals surface area contributed by atoms with Crippen molar-refractivity contribution < 1.29 is 9.18 Å². The van der Waals surface area contributed by atoms with Gasteiger partial charge in [-0.2, -0.15) is 4.98 Å². The van der Waals surface area contributed by atoms with E-state index < -0.39 is 0 Å². The summed E-state index contributed by atoms with van der Waals surface area (Å²) in [5.74, 6) is 0.798. The second kappa shape index (κ2) is 13.4. The van der Waals surface area contributed by atoms with E-state index in [-0.39, 0.29) is 17.8 Å². The Morgan fingerprint density at radius 3 is 2.44 bits per heavy atom. The van der Waals surface area contributed by atoms with Gasteiger partial charge in [0.05, 0.1) is 5.69 Å². The highest BCUT2D eigenvalue weighted by Crippen LogP contribution is 2.39. The van der Waals surface area contributed by atoms with E-state index >= 15 is 4.39 Å². The number of anilines is 2. The van der Waals surface area contributed by atoms with Crippen molar-refractivity contribution in [2.45, 2.75) is 53.6 Å². The summed E-state index contributed by atoms with van der Waals surface area (Å²) >= 11 is 0. The fourth-order valence-corrected chi connectivity index (χ4v) is 5.74. The number of benzene rings is 1. The van der Waals surface area contributed by atoms with Crippen LogP contribution in [-0.2, 0) is 4.79 Å². The molecule has 8 nitrogen and oxygen atoms in total. The number of H-pyrrole nitrogens is 1. The van der Waals surface area contributed by atoms with Crippen LogP contribution in [0.1, 0.15) is 51.4 Å². The van der Waals surface area contributed by atoms with Crippen molar-refractivity contribution in [3.8, 4) is 11.1 Å². The zero-order valence-corrected chi connectivity index (χ0v) is 26.8. The second-order valence-corrected chi connectivity index (χ2v) is 10.8. The summed E-state index contributed by atoms with van der Waals surface area (Å²) in [7, 11) is 4.12. The standard InChI is InChI=1S/C30H32FN7O.2C2H6/c1-6-25(39)38-12-11-36(15-19(38)3)29-22-13-18(2)26(23-14-32-24-10-8-7-9-21(23)24)27(31)28(22)33-30(34-29)37-16-20(17-37)35(4)5;2*1-2/h6,9-10,13-14,19-20,32H,1,11-12,15-17H2,2-5H3;2*1-2H3. The topological polar surface area (TPSA) is 71.6 Å². The van der Waals surface area contributed by atoms with E-state index in [0.717, 1.165) is 35.5 Å². The molecule has 0 bridgehead atoms. The minimum atomic E-state index is -0.359. The van der Waals surface area contributed by atoms with Crippen LogP contribution in [0.3, 0.4) is 0 Å². The third kappa shape index (κ3) is 5.89. The van der Waals surface area contributed by atoms with Crippen molar-refractivity contribution in [1.29, 1.82) is 0 Å². The predicted molar refractivity (Wildman–Crippen MR) is 176 cm³/mol. The fourth-order valence-electron chi connectivity index (χ4n) is 5.74. The lowest BCUT2D eigenvalue weighted by Crippen LogP contribution is -2.58. The zero-order valence-electron chi connectivity index (χ0n) is 26.8. The molecule has 6 rings (SSSR count). The first kappa shape index (κ1) is 31.8. The number of piperazine rings is 1. The highest BCUT2D eigenvalue weighted by Gasteiger charge is 2.34. The summed E-state index contributed by atoms with van der Waals surface area (Å²) in [6.45, 7) is 18.9. The highest BCUT2D eigenvalue weighted by atomic mass is 19.1. The predicted octanol–water partition coefficient (Wildman–Crippen LogP) is 5.89. The van der Waals surface area contributed by atoms with E-state index in [2.05, 4.69) is 51.8 Å². The van der Waals surface area contributed by atoms with E-state index in [1.807, 2.05) is 70.9 Å². The molecule has 9 heteroatoms. The number of aromatic nitrogens is 3. The van der Waals surface area contributed by atoms with E-state index in [4.69, 9.17) is 9.97 Å². The van der Waals surface area contributed by atoms with Gasteiger partial charge in [0, 0.05) is 79.2 Å². The molecule has 3 aliphatic rings. The first-order valence-corrected chi connectivity index (χ1v) is 15.3. The smallest absolute Gasteiger partial charge is 0.246 e. The van der Waals surface area contributed by atoms with Gasteiger partial charge in [0.25, 0.3) is 0 Å². The van der Waals surface area contributed by atoms with Gasteiger partial charge in [0.1, 0.15) is 11.3 Å². The molecule has 0 radical (unpaired) electrons. The lowest BCUT2D eigenvalue weighted by molar-refractivity contribution is -0.128. The molecular weight excluding hydrogens is 541 g/mol. The number of aryl methyl sites for hydroxylation is 1. The Bertz CT molecular complexity index is 1600. The number of carbonyl (C=O) groups is 1. The fraction of sp³-hybridized carbons (Fsp3) is 0.441. The summed E-state index contributed by atoms with van der Waals surface area (Å²) in [5.41, 5.74) is 10.1. The monoisotopic (exact) mass is 585 g/mol. The quantitative estimate of drug-likeness (QED) is 0.233. The largest absolute Gasteiger partial charge is 0.360 e. The van der Waals surface area contributed by atoms with Crippen molar-refractivity contribution in [3.05, 3.63) is 59.0 Å². The summed E-state index contributed by atoms with van der Waals surface area (Å²) in [5, 5.41) is 0.678. The Balaban J connectivity index is 0.00000102. The van der Waals surface area contributed by atoms with Crippen LogP contribution < -0.4 is 9.80 Å². The molecule has 1 aromatic carbocycles. The van der Waals surface area contributed by atoms with Crippen molar-refractivity contribution in [3.63, 3.8) is 0 Å². The number of fused-ring (bicyclic) bond motifs is 2. The van der Waals surface area contributed by atoms with Gasteiger partial charge >= 0.3 is 0 Å². The summed E-state index contributed by atoms with van der Waals surface area (Å²) in [6.07, 6.45) is 6.83. The number of hydrogen-bond acceptors (Lipinski definition) is 6. The molecule has 1 amide bonds. The van der Waals surface area contributed by atoms with Crippen LogP contribution in [0, 0.1) is 12.7 Å². The minimum absolute atomic E-state index is 0.0377. The lowest BCUT2D eigenvalue weighted by Gasteiger charge is -2.43. The Labute approximate surface area is 254 Å². The van der Waals surface area contributed by atoms with E-state index in [9.17, 15) is 4.79 Å². The average Bonchev–Trinajstić information content (AvgIpc) is 3.41. The molecule has 228 valence electrons. The summed E-state index contributed by atoms with van der Waals surface area (Å²) in [4.78, 5) is 33.6. The van der Waals surface area contributed by atoms with Crippen molar-refractivity contribution in [2.24, 2.45) is 0 Å². The number of aromatic amines is 1. The van der Waals surface area contributed by atoms with Crippen molar-refractivity contribution in [2.75, 3.05) is 56.6 Å². The summed E-state index contributed by atoms with van der Waals surface area (Å²) in [6, 6.07) is 2.36. The van der Waals surface area contributed by atoms with Gasteiger partial charge in [-0.05, 0) is 51.7 Å². The van der Waals surface area contributed by atoms with E-state index in [1.165, 1.54) is 6.08 Å². The molecule has 2 saturated heterocycles. The van der Waals surface area contributed by atoms with Gasteiger partial charge < -0.3 is 24.6 Å². The highest BCUT2D eigenvalue weighted by molar-refractivity contribution is 5.97. The van der Waals surface area contributed by atoms with Crippen molar-refractivity contribution in [1.82, 2.24) is 24.8 Å². The van der Waals surface area contributed by atoms with Gasteiger partial charge in [-0.25, -0.2) is 9.37 Å². The molecule has 1 N–H and O–H groups in total. The molecule has 1 unspecified atom stereocenters. The van der Waals surface area contributed by atoms with Crippen LogP contribution in [-0.4, -0.2) is 89.6 Å². The van der Waals surface area contributed by atoms with Gasteiger partial charge in [-0.3, -0.25) is 4.79 Å². The molecule has 2 aromatic heterocycles. The molecule has 2 aliphatic heterocycles. The number of rotatable bonds is 5. The molecule has 0 spiro atoms. The average molecular weight is 586 g/mol. The Morgan fingerprint density at radius 2 is 1.79 bits per heavy atom. The van der Waals surface area contributed by atoms with Crippen LogP contribution in [0.5, 0.6) is 0 Å². The molecule has 43 heavy (non-hydrogen) atoms. The maximum absolute atomic E-state index is 16.6. The number of hydrogen-bond donors (Lipinski definition) is 1. The maximum atomic E-state index is 16.6. The molecule has 4 heterocycles. The number of carbonyl (C=O) groups excluding carboxylic acids is 1. The second-order valence-electron chi connectivity index (χ2n) is 10.8. The zero-order chi connectivity index (χ0) is 31.4.